The van der Waals surface area contributed by atoms with Gasteiger partial charge in [0.05, 0.1) is 11.6 Å². The smallest absolute Gasteiger partial charge is 0.150 e. The molecule has 108 valence electrons. The second-order valence-electron chi connectivity index (χ2n) is 5.87. The Morgan fingerprint density at radius 2 is 1.86 bits per heavy atom. The number of para-hydroxylation sites is 1. The number of aromatic amines is 1. The first-order valence-corrected chi connectivity index (χ1v) is 7.44. The van der Waals surface area contributed by atoms with Gasteiger partial charge in [0.1, 0.15) is 22.7 Å². The average molecular weight is 282 g/mol. The maximum absolute atomic E-state index is 9.64. The second kappa shape index (κ2) is 4.70. The van der Waals surface area contributed by atoms with E-state index in [-0.39, 0.29) is 6.10 Å². The van der Waals surface area contributed by atoms with Gasteiger partial charge in [-0.15, -0.1) is 0 Å². The zero-order valence-corrected chi connectivity index (χ0v) is 11.7. The summed E-state index contributed by atoms with van der Waals surface area (Å²) in [5, 5.41) is 10.7. The lowest BCUT2D eigenvalue weighted by Crippen LogP contribution is -2.17. The Bertz CT molecular complexity index is 802. The second-order valence-corrected chi connectivity index (χ2v) is 5.87. The van der Waals surface area contributed by atoms with Gasteiger partial charge in [-0.3, -0.25) is 0 Å². The van der Waals surface area contributed by atoms with Crippen LogP contribution in [0.1, 0.15) is 37.4 Å². The van der Waals surface area contributed by atoms with Gasteiger partial charge in [-0.25, -0.2) is 9.97 Å². The summed E-state index contributed by atoms with van der Waals surface area (Å²) in [6.07, 6.45) is 3.46. The highest BCUT2D eigenvalue weighted by molar-refractivity contribution is 6.06. The number of hydrogen-bond acceptors (Lipinski definition) is 4. The summed E-state index contributed by atoms with van der Waals surface area (Å²) in [6.45, 7) is 0. The number of fused-ring (bicyclic) bond motifs is 3. The molecule has 0 radical (unpaired) electrons. The van der Waals surface area contributed by atoms with Crippen LogP contribution in [0.5, 0.6) is 0 Å². The largest absolute Gasteiger partial charge is 0.393 e. The van der Waals surface area contributed by atoms with Crippen LogP contribution in [0.25, 0.3) is 21.9 Å². The molecular formula is C16H18N4O. The minimum atomic E-state index is -0.154. The Kier molecular flexibility index (Phi) is 2.82. The molecule has 1 aliphatic carbocycles. The molecule has 3 aromatic rings. The third-order valence-electron chi connectivity index (χ3n) is 4.46. The first-order valence-electron chi connectivity index (χ1n) is 7.44. The number of aliphatic hydroxyl groups is 1. The zero-order valence-electron chi connectivity index (χ0n) is 11.7. The van der Waals surface area contributed by atoms with Crippen LogP contribution in [0.4, 0.5) is 5.82 Å². The fourth-order valence-electron chi connectivity index (χ4n) is 3.27. The summed E-state index contributed by atoms with van der Waals surface area (Å²) in [6, 6.07) is 7.93. The SMILES string of the molecule is Nc1nc2ccccc2c2nc(C3CCC(O)CC3)[nH]c12. The monoisotopic (exact) mass is 282 g/mol. The van der Waals surface area contributed by atoms with E-state index in [4.69, 9.17) is 10.7 Å². The van der Waals surface area contributed by atoms with E-state index in [1.54, 1.807) is 0 Å². The van der Waals surface area contributed by atoms with Crippen LogP contribution in [0, 0.1) is 0 Å². The molecule has 21 heavy (non-hydrogen) atoms. The van der Waals surface area contributed by atoms with E-state index in [0.29, 0.717) is 11.7 Å². The first-order chi connectivity index (χ1) is 10.2. The number of nitrogens with zero attached hydrogens (tertiary/aromatic N) is 2. The number of nitrogens with two attached hydrogens (primary N) is 1. The molecule has 4 N–H and O–H groups in total. The summed E-state index contributed by atoms with van der Waals surface area (Å²) in [4.78, 5) is 12.6. The molecule has 0 aliphatic heterocycles. The van der Waals surface area contributed by atoms with Crippen LogP contribution in [-0.4, -0.2) is 26.2 Å². The maximum Gasteiger partial charge on any atom is 0.150 e. The van der Waals surface area contributed by atoms with Crippen molar-refractivity contribution in [3.05, 3.63) is 30.1 Å². The number of hydrogen-bond donors (Lipinski definition) is 3. The number of imidazole rings is 1. The Morgan fingerprint density at radius 1 is 1.10 bits per heavy atom. The third kappa shape index (κ3) is 2.05. The molecule has 2 heterocycles. The molecule has 0 unspecified atom stereocenters. The summed E-state index contributed by atoms with van der Waals surface area (Å²) >= 11 is 0. The Hall–Kier alpha value is -2.14. The predicted octanol–water partition coefficient (Wildman–Crippen LogP) is 2.71. The summed E-state index contributed by atoms with van der Waals surface area (Å²) < 4.78 is 0. The molecule has 1 aliphatic rings. The molecule has 5 nitrogen and oxygen atoms in total. The van der Waals surface area contributed by atoms with E-state index in [2.05, 4.69) is 9.97 Å². The minimum absolute atomic E-state index is 0.154. The lowest BCUT2D eigenvalue weighted by molar-refractivity contribution is 0.121. The van der Waals surface area contributed by atoms with Gasteiger partial charge in [-0.05, 0) is 31.7 Å². The van der Waals surface area contributed by atoms with E-state index in [1.807, 2.05) is 24.3 Å². The molecule has 1 saturated carbocycles. The molecule has 1 fully saturated rings. The lowest BCUT2D eigenvalue weighted by atomic mass is 9.87. The Labute approximate surface area is 122 Å². The van der Waals surface area contributed by atoms with Gasteiger partial charge in [0, 0.05) is 11.3 Å². The molecule has 4 rings (SSSR count). The van der Waals surface area contributed by atoms with Crippen molar-refractivity contribution in [2.24, 2.45) is 0 Å². The number of rotatable bonds is 1. The molecule has 2 aromatic heterocycles. The van der Waals surface area contributed by atoms with E-state index in [1.165, 1.54) is 0 Å². The third-order valence-corrected chi connectivity index (χ3v) is 4.46. The highest BCUT2D eigenvalue weighted by Crippen LogP contribution is 2.34. The van der Waals surface area contributed by atoms with E-state index in [9.17, 15) is 5.11 Å². The molecular weight excluding hydrogens is 264 g/mol. The van der Waals surface area contributed by atoms with Crippen molar-refractivity contribution in [1.29, 1.82) is 0 Å². The van der Waals surface area contributed by atoms with Crippen molar-refractivity contribution in [1.82, 2.24) is 15.0 Å². The van der Waals surface area contributed by atoms with E-state index in [0.717, 1.165) is 53.4 Å². The van der Waals surface area contributed by atoms with Crippen LogP contribution in [0.2, 0.25) is 0 Å². The van der Waals surface area contributed by atoms with Crippen molar-refractivity contribution in [3.63, 3.8) is 0 Å². The van der Waals surface area contributed by atoms with Crippen molar-refractivity contribution < 1.29 is 5.11 Å². The Morgan fingerprint density at radius 3 is 2.67 bits per heavy atom. The maximum atomic E-state index is 9.64. The van der Waals surface area contributed by atoms with Gasteiger partial charge >= 0.3 is 0 Å². The fraction of sp³-hybridized carbons (Fsp3) is 0.375. The molecule has 5 heteroatoms. The van der Waals surface area contributed by atoms with Gasteiger partial charge < -0.3 is 15.8 Å². The highest BCUT2D eigenvalue weighted by atomic mass is 16.3. The summed E-state index contributed by atoms with van der Waals surface area (Å²) in [5.41, 5.74) is 8.67. The van der Waals surface area contributed by atoms with E-state index >= 15 is 0 Å². The number of pyridine rings is 1. The van der Waals surface area contributed by atoms with Crippen LogP contribution in [0.15, 0.2) is 24.3 Å². The van der Waals surface area contributed by atoms with Crippen molar-refractivity contribution in [2.75, 3.05) is 5.73 Å². The number of aliphatic hydroxyl groups excluding tert-OH is 1. The molecule has 1 aromatic carbocycles. The quantitative estimate of drug-likeness (QED) is 0.640. The predicted molar refractivity (Wildman–Crippen MR) is 83.0 cm³/mol. The van der Waals surface area contributed by atoms with Crippen molar-refractivity contribution in [3.8, 4) is 0 Å². The molecule has 0 bridgehead atoms. The van der Waals surface area contributed by atoms with Crippen LogP contribution < -0.4 is 5.73 Å². The standard InChI is InChI=1S/C16H18N4O/c17-15-14-13(11-3-1-2-4-12(11)18-15)19-16(20-14)9-5-7-10(21)8-6-9/h1-4,9-10,21H,5-8H2,(H2,17,18)(H,19,20). The van der Waals surface area contributed by atoms with Gasteiger partial charge in [-0.1, -0.05) is 18.2 Å². The number of nitrogens with one attached hydrogen (secondary N) is 1. The van der Waals surface area contributed by atoms with Gasteiger partial charge in [0.15, 0.2) is 0 Å². The van der Waals surface area contributed by atoms with E-state index < -0.39 is 0 Å². The number of H-pyrrole nitrogens is 1. The van der Waals surface area contributed by atoms with Crippen LogP contribution in [-0.2, 0) is 0 Å². The van der Waals surface area contributed by atoms with Gasteiger partial charge in [0.2, 0.25) is 0 Å². The van der Waals surface area contributed by atoms with Crippen LogP contribution in [0.3, 0.4) is 0 Å². The average Bonchev–Trinajstić information content (AvgIpc) is 2.94. The number of benzene rings is 1. The summed E-state index contributed by atoms with van der Waals surface area (Å²) in [5.74, 6) is 1.85. The number of anilines is 1. The normalized spacial score (nSPS) is 22.9. The molecule has 0 atom stereocenters. The Balaban J connectivity index is 1.85. The summed E-state index contributed by atoms with van der Waals surface area (Å²) in [7, 11) is 0. The zero-order chi connectivity index (χ0) is 14.4. The van der Waals surface area contributed by atoms with Crippen molar-refractivity contribution >= 4 is 27.8 Å². The molecule has 0 saturated heterocycles. The van der Waals surface area contributed by atoms with Crippen molar-refractivity contribution in [2.45, 2.75) is 37.7 Å². The molecule has 0 spiro atoms. The minimum Gasteiger partial charge on any atom is -0.393 e. The lowest BCUT2D eigenvalue weighted by Gasteiger charge is -2.23. The number of nitrogen functional groups attached to an aromatic ring is 1. The van der Waals surface area contributed by atoms with Gasteiger partial charge in [0.25, 0.3) is 0 Å². The highest BCUT2D eigenvalue weighted by Gasteiger charge is 2.24. The van der Waals surface area contributed by atoms with Crippen LogP contribution >= 0.6 is 0 Å². The number of aromatic nitrogens is 3. The first kappa shape index (κ1) is 12.6. The fourth-order valence-corrected chi connectivity index (χ4v) is 3.27. The topological polar surface area (TPSA) is 87.8 Å². The molecule has 0 amide bonds. The van der Waals surface area contributed by atoms with Gasteiger partial charge in [-0.2, -0.15) is 0 Å².